The number of hydrogen-bond donors (Lipinski definition) is 2. The van der Waals surface area contributed by atoms with Crippen molar-refractivity contribution in [3.8, 4) is 0 Å². The molecule has 1 rings (SSSR count). The van der Waals surface area contributed by atoms with Crippen LogP contribution in [0.2, 0.25) is 0 Å². The van der Waals surface area contributed by atoms with E-state index in [1.165, 1.54) is 0 Å². The topological polar surface area (TPSA) is 62.9 Å². The second-order valence-corrected chi connectivity index (χ2v) is 4.64. The molecule has 0 radical (unpaired) electrons. The number of ether oxygens (including phenoxy) is 1. The first-order chi connectivity index (χ1) is 9.13. The van der Waals surface area contributed by atoms with Crippen molar-refractivity contribution in [1.29, 1.82) is 0 Å². The molecule has 0 amide bonds. The van der Waals surface area contributed by atoms with Crippen LogP contribution in [0.1, 0.15) is 12.0 Å². The van der Waals surface area contributed by atoms with Gasteiger partial charge in [-0.2, -0.15) is 0 Å². The number of guanidine groups is 1. The molecule has 0 atom stereocenters. The Morgan fingerprint density at radius 3 is 2.70 bits per heavy atom. The molecule has 1 aromatic rings. The van der Waals surface area contributed by atoms with Crippen LogP contribution < -0.4 is 11.1 Å². The fraction of sp³-hybridized carbons (Fsp3) is 0.500. The van der Waals surface area contributed by atoms with Gasteiger partial charge < -0.3 is 20.7 Å². The van der Waals surface area contributed by atoms with Gasteiger partial charge in [0.25, 0.3) is 0 Å². The highest BCUT2D eigenvalue weighted by molar-refractivity contribution is 14.0. The lowest BCUT2D eigenvalue weighted by atomic mass is 10.2. The summed E-state index contributed by atoms with van der Waals surface area (Å²) in [6, 6.07) is 7.91. The Morgan fingerprint density at radius 1 is 1.35 bits per heavy atom. The molecule has 0 heterocycles. The number of benzene rings is 1. The molecule has 1 aromatic carbocycles. The van der Waals surface area contributed by atoms with E-state index in [0.29, 0.717) is 12.6 Å². The van der Waals surface area contributed by atoms with Crippen molar-refractivity contribution >= 4 is 35.6 Å². The zero-order chi connectivity index (χ0) is 14.1. The van der Waals surface area contributed by atoms with Gasteiger partial charge in [0, 0.05) is 24.9 Å². The Kier molecular flexibility index (Phi) is 10.4. The third-order valence-corrected chi connectivity index (χ3v) is 2.63. The zero-order valence-corrected chi connectivity index (χ0v) is 14.8. The first-order valence-corrected chi connectivity index (χ1v) is 6.42. The molecule has 6 heteroatoms. The van der Waals surface area contributed by atoms with Crippen LogP contribution in [0.4, 0.5) is 5.69 Å². The highest BCUT2D eigenvalue weighted by Gasteiger charge is 2.02. The highest BCUT2D eigenvalue weighted by Crippen LogP contribution is 2.15. The van der Waals surface area contributed by atoms with Crippen LogP contribution in [0.5, 0.6) is 0 Å². The van der Waals surface area contributed by atoms with Gasteiger partial charge in [0.2, 0.25) is 0 Å². The van der Waals surface area contributed by atoms with Gasteiger partial charge in [-0.25, -0.2) is 0 Å². The fourth-order valence-corrected chi connectivity index (χ4v) is 1.69. The monoisotopic (exact) mass is 392 g/mol. The van der Waals surface area contributed by atoms with E-state index in [0.717, 1.165) is 30.8 Å². The summed E-state index contributed by atoms with van der Waals surface area (Å²) in [5.74, 6) is 0.447. The minimum atomic E-state index is 0. The van der Waals surface area contributed by atoms with Gasteiger partial charge in [-0.3, -0.25) is 4.99 Å². The molecule has 3 N–H and O–H groups in total. The quantitative estimate of drug-likeness (QED) is 0.323. The normalized spacial score (nSPS) is 11.3. The highest BCUT2D eigenvalue weighted by atomic mass is 127. The van der Waals surface area contributed by atoms with Crippen LogP contribution in [-0.4, -0.2) is 45.2 Å². The summed E-state index contributed by atoms with van der Waals surface area (Å²) in [6.07, 6.45) is 0.995. The van der Waals surface area contributed by atoms with E-state index in [-0.39, 0.29) is 24.0 Å². The summed E-state index contributed by atoms with van der Waals surface area (Å²) in [4.78, 5) is 6.44. The molecular formula is C14H25IN4O. The molecule has 0 aliphatic heterocycles. The number of rotatable bonds is 7. The van der Waals surface area contributed by atoms with Gasteiger partial charge in [-0.15, -0.1) is 24.0 Å². The van der Waals surface area contributed by atoms with Crippen molar-refractivity contribution < 1.29 is 4.74 Å². The molecule has 0 aliphatic rings. The van der Waals surface area contributed by atoms with Crippen LogP contribution in [0.15, 0.2) is 29.3 Å². The van der Waals surface area contributed by atoms with Crippen molar-refractivity contribution in [2.45, 2.75) is 13.0 Å². The molecule has 20 heavy (non-hydrogen) atoms. The number of hydrogen-bond acceptors (Lipinski definition) is 3. The molecule has 0 aromatic heterocycles. The lowest BCUT2D eigenvalue weighted by molar-refractivity contribution is 0.185. The van der Waals surface area contributed by atoms with Gasteiger partial charge >= 0.3 is 0 Å². The van der Waals surface area contributed by atoms with E-state index in [1.54, 1.807) is 7.11 Å². The van der Waals surface area contributed by atoms with E-state index < -0.39 is 0 Å². The van der Waals surface area contributed by atoms with Crippen LogP contribution >= 0.6 is 24.0 Å². The SMILES string of the molecule is COCc1ccccc1NC(N)=NCCCN(C)C.I. The maximum atomic E-state index is 5.87. The number of methoxy groups -OCH3 is 1. The lowest BCUT2D eigenvalue weighted by Gasteiger charge is -2.11. The molecule has 114 valence electrons. The van der Waals surface area contributed by atoms with E-state index in [1.807, 2.05) is 38.4 Å². The zero-order valence-electron chi connectivity index (χ0n) is 12.4. The van der Waals surface area contributed by atoms with Crippen molar-refractivity contribution in [3.63, 3.8) is 0 Å². The molecule has 5 nitrogen and oxygen atoms in total. The van der Waals surface area contributed by atoms with Gasteiger partial charge in [-0.1, -0.05) is 18.2 Å². The fourth-order valence-electron chi connectivity index (χ4n) is 1.69. The van der Waals surface area contributed by atoms with E-state index in [9.17, 15) is 0 Å². The van der Waals surface area contributed by atoms with Crippen LogP contribution in [0.3, 0.4) is 0 Å². The number of anilines is 1. The van der Waals surface area contributed by atoms with Gasteiger partial charge in [0.15, 0.2) is 5.96 Å². The average molecular weight is 392 g/mol. The number of nitrogens with zero attached hydrogens (tertiary/aromatic N) is 2. The minimum Gasteiger partial charge on any atom is -0.380 e. The third-order valence-electron chi connectivity index (χ3n) is 2.63. The molecule has 0 bridgehead atoms. The van der Waals surface area contributed by atoms with Gasteiger partial charge in [-0.05, 0) is 33.1 Å². The number of aliphatic imine (C=N–C) groups is 1. The second kappa shape index (κ2) is 10.9. The summed E-state index contributed by atoms with van der Waals surface area (Å²) >= 11 is 0. The van der Waals surface area contributed by atoms with Crippen molar-refractivity contribution in [3.05, 3.63) is 29.8 Å². The van der Waals surface area contributed by atoms with Crippen molar-refractivity contribution in [1.82, 2.24) is 4.90 Å². The molecule has 0 aliphatic carbocycles. The Labute approximate surface area is 138 Å². The van der Waals surface area contributed by atoms with Crippen LogP contribution in [-0.2, 0) is 11.3 Å². The van der Waals surface area contributed by atoms with E-state index in [4.69, 9.17) is 10.5 Å². The minimum absolute atomic E-state index is 0. The number of para-hydroxylation sites is 1. The predicted molar refractivity (Wildman–Crippen MR) is 95.9 cm³/mol. The second-order valence-electron chi connectivity index (χ2n) is 4.64. The summed E-state index contributed by atoms with van der Waals surface area (Å²) in [5.41, 5.74) is 7.88. The Bertz CT molecular complexity index is 410. The summed E-state index contributed by atoms with van der Waals surface area (Å²) < 4.78 is 5.15. The number of nitrogens with two attached hydrogens (primary N) is 1. The van der Waals surface area contributed by atoms with E-state index in [2.05, 4.69) is 15.2 Å². The smallest absolute Gasteiger partial charge is 0.193 e. The summed E-state index contributed by atoms with van der Waals surface area (Å²) in [7, 11) is 5.77. The molecule has 0 saturated carbocycles. The number of nitrogens with one attached hydrogen (secondary N) is 1. The largest absolute Gasteiger partial charge is 0.380 e. The van der Waals surface area contributed by atoms with Crippen LogP contribution in [0, 0.1) is 0 Å². The van der Waals surface area contributed by atoms with E-state index >= 15 is 0 Å². The standard InChI is InChI=1S/C14H24N4O.HI/c1-18(2)10-6-9-16-14(15)17-13-8-5-4-7-12(13)11-19-3;/h4-5,7-8H,6,9-11H2,1-3H3,(H3,15,16,17);1H. The molecular weight excluding hydrogens is 367 g/mol. The number of halogens is 1. The molecule has 0 spiro atoms. The van der Waals surface area contributed by atoms with Crippen molar-refractivity contribution in [2.24, 2.45) is 10.7 Å². The first kappa shape index (κ1) is 19.1. The van der Waals surface area contributed by atoms with Crippen LogP contribution in [0.25, 0.3) is 0 Å². The first-order valence-electron chi connectivity index (χ1n) is 6.42. The van der Waals surface area contributed by atoms with Gasteiger partial charge in [0.1, 0.15) is 0 Å². The molecule has 0 unspecified atom stereocenters. The third kappa shape index (κ3) is 7.66. The average Bonchev–Trinajstić information content (AvgIpc) is 2.37. The predicted octanol–water partition coefficient (Wildman–Crippen LogP) is 2.13. The maximum Gasteiger partial charge on any atom is 0.193 e. The maximum absolute atomic E-state index is 5.87. The summed E-state index contributed by atoms with van der Waals surface area (Å²) in [6.45, 7) is 2.29. The Hall–Kier alpha value is -0.860. The van der Waals surface area contributed by atoms with Gasteiger partial charge in [0.05, 0.1) is 6.61 Å². The molecule has 0 fully saturated rings. The van der Waals surface area contributed by atoms with Crippen molar-refractivity contribution in [2.75, 3.05) is 39.6 Å². The molecule has 0 saturated heterocycles. The summed E-state index contributed by atoms with van der Waals surface area (Å²) in [5, 5.41) is 3.12. The Balaban J connectivity index is 0.00000361. The lowest BCUT2D eigenvalue weighted by Crippen LogP contribution is -2.24. The Morgan fingerprint density at radius 2 is 2.05 bits per heavy atom.